The van der Waals surface area contributed by atoms with Crippen molar-refractivity contribution in [1.29, 1.82) is 0 Å². The van der Waals surface area contributed by atoms with E-state index in [1.54, 1.807) is 9.66 Å². The van der Waals surface area contributed by atoms with Crippen molar-refractivity contribution in [1.82, 2.24) is 19.3 Å². The van der Waals surface area contributed by atoms with Crippen LogP contribution in [0.1, 0.15) is 11.1 Å². The summed E-state index contributed by atoms with van der Waals surface area (Å²) in [6, 6.07) is 2.86. The van der Waals surface area contributed by atoms with Gasteiger partial charge in [-0.25, -0.2) is 36.1 Å². The molecule has 0 atom stereocenters. The Hall–Kier alpha value is -5.08. The van der Waals surface area contributed by atoms with Crippen molar-refractivity contribution in [3.63, 3.8) is 0 Å². The Morgan fingerprint density at radius 3 is 1.55 bits per heavy atom. The number of sulfonamides is 2. The second-order valence-corrected chi connectivity index (χ2v) is 14.0. The average Bonchev–Trinajstić information content (AvgIpc) is 2.98. The number of aliphatic hydroxyl groups excluding tert-OH is 2. The number of aromatic nitrogens is 4. The van der Waals surface area contributed by atoms with Gasteiger partial charge in [-0.05, 0) is 24.3 Å². The molecule has 4 rings (SSSR count). The van der Waals surface area contributed by atoms with E-state index in [1.807, 2.05) is 9.97 Å². The molecule has 51 heavy (non-hydrogen) atoms. The minimum absolute atomic E-state index is 0.140. The van der Waals surface area contributed by atoms with E-state index < -0.39 is 102 Å². The van der Waals surface area contributed by atoms with Gasteiger partial charge in [0.2, 0.25) is 20.0 Å². The molecular weight excluding hydrogens is 750 g/mol. The smallest absolute Gasteiger partial charge is 0.395 e. The van der Waals surface area contributed by atoms with E-state index in [0.717, 1.165) is 17.0 Å². The first-order valence-electron chi connectivity index (χ1n) is 13.7. The standard InChI is InChI=1S/C13H15F3N4O5S.C12H13F3N4O5S/c1-19(3-4-21)10-5-7-9(6-8(10)13(14,15)16)17-12(23)20(11(7)22)18-26(2,24)25;1-25(23,24)18-19-10(21)6-4-9(16-2-3-20)7(12(13,14)15)5-8(6)17-11(19)22/h5-6,18,21H,3-4H2,1-2H3,(H,17,23);4-5,16,18,20H,2-3H2,1H3,(H,17,22). The number of likely N-dealkylation sites (N-methyl/N-ethyl adjacent to an activating group) is 1. The number of alkyl halides is 6. The highest BCUT2D eigenvalue weighted by Crippen LogP contribution is 2.38. The molecule has 26 heteroatoms. The Bertz CT molecular complexity index is 2420. The van der Waals surface area contributed by atoms with Crippen molar-refractivity contribution in [3.8, 4) is 0 Å². The molecule has 0 unspecified atom stereocenters. The van der Waals surface area contributed by atoms with Gasteiger partial charge in [0.25, 0.3) is 11.1 Å². The summed E-state index contributed by atoms with van der Waals surface area (Å²) >= 11 is 0. The molecule has 0 radical (unpaired) electrons. The van der Waals surface area contributed by atoms with E-state index in [9.17, 15) is 62.4 Å². The normalized spacial score (nSPS) is 12.4. The maximum Gasteiger partial charge on any atom is 0.418 e. The molecule has 282 valence electrons. The Morgan fingerprint density at radius 2 is 1.16 bits per heavy atom. The topological polar surface area (TPSA) is 258 Å². The fourth-order valence-corrected chi connectivity index (χ4v) is 5.39. The van der Waals surface area contributed by atoms with Gasteiger partial charge in [-0.2, -0.15) is 35.7 Å². The van der Waals surface area contributed by atoms with E-state index in [4.69, 9.17) is 10.2 Å². The van der Waals surface area contributed by atoms with Crippen molar-refractivity contribution in [2.75, 3.05) is 65.7 Å². The number of halogens is 6. The third-order valence-corrected chi connectivity index (χ3v) is 7.48. The van der Waals surface area contributed by atoms with E-state index in [0.29, 0.717) is 24.6 Å². The predicted molar refractivity (Wildman–Crippen MR) is 172 cm³/mol. The number of hydrogen-bond acceptors (Lipinski definition) is 12. The van der Waals surface area contributed by atoms with Gasteiger partial charge in [0.05, 0.1) is 58.7 Å². The lowest BCUT2D eigenvalue weighted by atomic mass is 10.1. The molecular formula is C25H28F6N8O10S2. The first-order chi connectivity index (χ1) is 23.3. The van der Waals surface area contributed by atoms with Crippen LogP contribution in [0.3, 0.4) is 0 Å². The summed E-state index contributed by atoms with van der Waals surface area (Å²) in [5.41, 5.74) is -8.76. The van der Waals surface area contributed by atoms with E-state index >= 15 is 0 Å². The number of H-pyrrole nitrogens is 2. The van der Waals surface area contributed by atoms with Crippen LogP contribution < -0.4 is 42.4 Å². The first kappa shape index (κ1) is 40.4. The number of fused-ring (bicyclic) bond motifs is 2. The summed E-state index contributed by atoms with van der Waals surface area (Å²) in [5.74, 6) is 0. The van der Waals surface area contributed by atoms with Crippen molar-refractivity contribution in [2.24, 2.45) is 0 Å². The highest BCUT2D eigenvalue weighted by molar-refractivity contribution is 7.91. The number of hydrogen-bond donors (Lipinski definition) is 7. The van der Waals surface area contributed by atoms with Crippen LogP contribution in [0.2, 0.25) is 0 Å². The lowest BCUT2D eigenvalue weighted by Gasteiger charge is -2.23. The van der Waals surface area contributed by atoms with Crippen molar-refractivity contribution in [2.45, 2.75) is 12.4 Å². The van der Waals surface area contributed by atoms with E-state index in [1.165, 1.54) is 7.05 Å². The molecule has 0 saturated carbocycles. The number of nitrogens with zero attached hydrogens (tertiary/aromatic N) is 3. The average molecular weight is 779 g/mol. The highest BCUT2D eigenvalue weighted by Gasteiger charge is 2.36. The third-order valence-electron chi connectivity index (χ3n) is 6.45. The highest BCUT2D eigenvalue weighted by atomic mass is 32.2. The lowest BCUT2D eigenvalue weighted by molar-refractivity contribution is -0.137. The van der Waals surface area contributed by atoms with Gasteiger partial charge in [0, 0.05) is 31.5 Å². The van der Waals surface area contributed by atoms with Gasteiger partial charge in [0.15, 0.2) is 0 Å². The summed E-state index contributed by atoms with van der Waals surface area (Å²) in [5, 5.41) is 19.3. The second-order valence-electron chi connectivity index (χ2n) is 10.5. The van der Waals surface area contributed by atoms with E-state index in [-0.39, 0.29) is 33.2 Å². The van der Waals surface area contributed by atoms with Crippen LogP contribution in [-0.2, 0) is 32.4 Å². The predicted octanol–water partition coefficient (Wildman–Crippen LogP) is -0.744. The van der Waals surface area contributed by atoms with Crippen LogP contribution in [0.25, 0.3) is 21.8 Å². The van der Waals surface area contributed by atoms with Crippen molar-refractivity contribution < 1.29 is 53.4 Å². The molecule has 0 amide bonds. The number of aliphatic hydroxyl groups is 2. The fourth-order valence-electron chi connectivity index (χ4n) is 4.40. The number of benzene rings is 2. The molecule has 0 aliphatic heterocycles. The lowest BCUT2D eigenvalue weighted by Crippen LogP contribution is -2.43. The van der Waals surface area contributed by atoms with Crippen LogP contribution in [0.15, 0.2) is 43.4 Å². The molecule has 2 aromatic carbocycles. The van der Waals surface area contributed by atoms with Crippen LogP contribution in [-0.4, -0.2) is 92.2 Å². The zero-order chi connectivity index (χ0) is 38.9. The Balaban J connectivity index is 0.000000276. The van der Waals surface area contributed by atoms with Gasteiger partial charge >= 0.3 is 23.7 Å². The molecule has 2 aromatic heterocycles. The Morgan fingerprint density at radius 1 is 0.725 bits per heavy atom. The molecule has 0 fully saturated rings. The zero-order valence-corrected chi connectivity index (χ0v) is 27.9. The maximum atomic E-state index is 13.3. The minimum atomic E-state index is -4.79. The number of rotatable bonds is 10. The fraction of sp³-hybridized carbons (Fsp3) is 0.360. The summed E-state index contributed by atoms with van der Waals surface area (Å²) in [6.45, 7) is -1.25. The summed E-state index contributed by atoms with van der Waals surface area (Å²) < 4.78 is 125. The number of aromatic amines is 2. The monoisotopic (exact) mass is 778 g/mol. The molecule has 0 aliphatic rings. The van der Waals surface area contributed by atoms with Crippen LogP contribution in [0, 0.1) is 0 Å². The molecule has 18 nitrogen and oxygen atoms in total. The third kappa shape index (κ3) is 9.79. The molecule has 0 spiro atoms. The van der Waals surface area contributed by atoms with Gasteiger partial charge < -0.3 is 30.4 Å². The molecule has 0 aliphatic carbocycles. The van der Waals surface area contributed by atoms with Gasteiger partial charge in [-0.1, -0.05) is 0 Å². The number of anilines is 2. The second kappa shape index (κ2) is 14.6. The number of nitrogens with one attached hydrogen (secondary N) is 5. The first-order valence-corrected chi connectivity index (χ1v) is 17.5. The largest absolute Gasteiger partial charge is 0.418 e. The zero-order valence-electron chi connectivity index (χ0n) is 26.2. The van der Waals surface area contributed by atoms with Crippen LogP contribution in [0.4, 0.5) is 37.7 Å². The molecule has 7 N–H and O–H groups in total. The molecule has 4 aromatic rings. The Kier molecular flexibility index (Phi) is 11.6. The molecule has 0 saturated heterocycles. The van der Waals surface area contributed by atoms with Crippen molar-refractivity contribution >= 4 is 53.2 Å². The van der Waals surface area contributed by atoms with Gasteiger partial charge in [-0.15, -0.1) is 0 Å². The van der Waals surface area contributed by atoms with Crippen LogP contribution in [0.5, 0.6) is 0 Å². The quantitative estimate of drug-likeness (QED) is 0.0983. The Labute approximate surface area is 281 Å². The SMILES string of the molecule is CN(CCO)c1cc2c(=O)n(NS(C)(=O)=O)c(=O)[nH]c2cc1C(F)(F)F.CS(=O)(=O)Nn1c(=O)[nH]c2cc(C(F)(F)F)c(NCCO)cc2c1=O. The van der Waals surface area contributed by atoms with Crippen LogP contribution >= 0.6 is 0 Å². The summed E-state index contributed by atoms with van der Waals surface area (Å²) in [7, 11) is -6.69. The maximum absolute atomic E-state index is 13.3. The minimum Gasteiger partial charge on any atom is -0.395 e. The summed E-state index contributed by atoms with van der Waals surface area (Å²) in [4.78, 5) is 56.8. The van der Waals surface area contributed by atoms with Crippen molar-refractivity contribution in [3.05, 3.63) is 77.1 Å². The summed E-state index contributed by atoms with van der Waals surface area (Å²) in [6.07, 6.45) is -8.17. The molecule has 0 bridgehead atoms. The van der Waals surface area contributed by atoms with Gasteiger partial charge in [-0.3, -0.25) is 9.59 Å². The van der Waals surface area contributed by atoms with Gasteiger partial charge in [0.1, 0.15) is 0 Å². The van der Waals surface area contributed by atoms with E-state index in [2.05, 4.69) is 5.32 Å². The molecule has 2 heterocycles.